The predicted octanol–water partition coefficient (Wildman–Crippen LogP) is 3.47. The zero-order valence-electron chi connectivity index (χ0n) is 11.2. The maximum atomic E-state index is 6.03. The van der Waals surface area contributed by atoms with Crippen LogP contribution in [0.15, 0.2) is 30.7 Å². The maximum Gasteiger partial charge on any atom is 0.142 e. The van der Waals surface area contributed by atoms with E-state index < -0.39 is 0 Å². The van der Waals surface area contributed by atoms with Crippen LogP contribution in [-0.2, 0) is 13.6 Å². The number of rotatable bonds is 6. The first-order chi connectivity index (χ1) is 9.20. The fourth-order valence-electron chi connectivity index (χ4n) is 1.72. The molecular formula is C14H18ClN3O. The van der Waals surface area contributed by atoms with Crippen LogP contribution in [0.1, 0.15) is 19.0 Å². The number of benzene rings is 1. The Morgan fingerprint density at radius 3 is 2.95 bits per heavy atom. The van der Waals surface area contributed by atoms with Gasteiger partial charge in [-0.05, 0) is 24.6 Å². The lowest BCUT2D eigenvalue weighted by atomic mass is 10.3. The molecule has 0 spiro atoms. The standard InChI is InChI=1S/C14H18ClN3O/c1-3-6-19-14-5-4-11(15)7-13(14)17-9-12-8-16-10-18(12)2/h4-5,7-8,10,17H,3,6,9H2,1-2H3. The monoisotopic (exact) mass is 279 g/mol. The van der Waals surface area contributed by atoms with E-state index in [1.807, 2.05) is 36.0 Å². The van der Waals surface area contributed by atoms with E-state index in [2.05, 4.69) is 17.2 Å². The van der Waals surface area contributed by atoms with Gasteiger partial charge in [-0.2, -0.15) is 0 Å². The summed E-state index contributed by atoms with van der Waals surface area (Å²) in [6.07, 6.45) is 4.59. The third-order valence-corrected chi connectivity index (χ3v) is 3.01. The van der Waals surface area contributed by atoms with Crippen molar-refractivity contribution >= 4 is 17.3 Å². The number of imidazole rings is 1. The second-order valence-corrected chi connectivity index (χ2v) is 4.77. The third kappa shape index (κ3) is 3.64. The van der Waals surface area contributed by atoms with Crippen molar-refractivity contribution in [2.45, 2.75) is 19.9 Å². The summed E-state index contributed by atoms with van der Waals surface area (Å²) in [6.45, 7) is 3.46. The van der Waals surface area contributed by atoms with Crippen LogP contribution in [0.2, 0.25) is 5.02 Å². The molecule has 4 nitrogen and oxygen atoms in total. The molecule has 1 heterocycles. The minimum absolute atomic E-state index is 0.680. The molecule has 1 aromatic heterocycles. The molecule has 0 radical (unpaired) electrons. The maximum absolute atomic E-state index is 6.03. The summed E-state index contributed by atoms with van der Waals surface area (Å²) in [7, 11) is 1.97. The van der Waals surface area contributed by atoms with Crippen LogP contribution < -0.4 is 10.1 Å². The zero-order chi connectivity index (χ0) is 13.7. The van der Waals surface area contributed by atoms with E-state index >= 15 is 0 Å². The predicted molar refractivity (Wildman–Crippen MR) is 77.8 cm³/mol. The molecule has 0 aliphatic carbocycles. The third-order valence-electron chi connectivity index (χ3n) is 2.78. The van der Waals surface area contributed by atoms with Gasteiger partial charge in [0, 0.05) is 18.3 Å². The average Bonchev–Trinajstić information content (AvgIpc) is 2.81. The molecule has 2 aromatic rings. The van der Waals surface area contributed by atoms with Crippen LogP contribution in [-0.4, -0.2) is 16.2 Å². The van der Waals surface area contributed by atoms with Crippen LogP contribution in [0.5, 0.6) is 5.75 Å². The van der Waals surface area contributed by atoms with Crippen molar-refractivity contribution in [2.75, 3.05) is 11.9 Å². The summed E-state index contributed by atoms with van der Waals surface area (Å²) in [6, 6.07) is 5.61. The van der Waals surface area contributed by atoms with E-state index in [0.717, 1.165) is 23.6 Å². The number of hydrogen-bond donors (Lipinski definition) is 1. The van der Waals surface area contributed by atoms with Crippen LogP contribution in [0, 0.1) is 0 Å². The van der Waals surface area contributed by atoms with Crippen molar-refractivity contribution in [3.63, 3.8) is 0 Å². The van der Waals surface area contributed by atoms with E-state index in [1.165, 1.54) is 0 Å². The van der Waals surface area contributed by atoms with Crippen LogP contribution in [0.25, 0.3) is 0 Å². The van der Waals surface area contributed by atoms with Crippen molar-refractivity contribution in [1.29, 1.82) is 0 Å². The lowest BCUT2D eigenvalue weighted by Gasteiger charge is -2.13. The van der Waals surface area contributed by atoms with Crippen molar-refractivity contribution in [3.05, 3.63) is 41.4 Å². The molecule has 0 saturated carbocycles. The van der Waals surface area contributed by atoms with Crippen molar-refractivity contribution in [1.82, 2.24) is 9.55 Å². The number of hydrogen-bond acceptors (Lipinski definition) is 3. The number of halogens is 1. The van der Waals surface area contributed by atoms with E-state index in [0.29, 0.717) is 18.2 Å². The molecule has 0 bridgehead atoms. The molecule has 5 heteroatoms. The van der Waals surface area contributed by atoms with E-state index in [1.54, 1.807) is 6.33 Å². The summed E-state index contributed by atoms with van der Waals surface area (Å²) in [5.74, 6) is 0.827. The van der Waals surface area contributed by atoms with E-state index in [9.17, 15) is 0 Å². The first kappa shape index (κ1) is 13.7. The van der Waals surface area contributed by atoms with Crippen molar-refractivity contribution in [2.24, 2.45) is 7.05 Å². The Bertz CT molecular complexity index is 539. The van der Waals surface area contributed by atoms with Gasteiger partial charge in [0.2, 0.25) is 0 Å². The minimum Gasteiger partial charge on any atom is -0.491 e. The molecule has 0 aliphatic rings. The summed E-state index contributed by atoms with van der Waals surface area (Å²) >= 11 is 6.03. The first-order valence-corrected chi connectivity index (χ1v) is 6.70. The smallest absolute Gasteiger partial charge is 0.142 e. The molecule has 0 unspecified atom stereocenters. The normalized spacial score (nSPS) is 10.5. The molecule has 0 atom stereocenters. The Morgan fingerprint density at radius 2 is 2.26 bits per heavy atom. The molecule has 1 aromatic carbocycles. The van der Waals surface area contributed by atoms with E-state index in [-0.39, 0.29) is 0 Å². The Labute approximate surface area is 118 Å². The lowest BCUT2D eigenvalue weighted by molar-refractivity contribution is 0.319. The van der Waals surface area contributed by atoms with Gasteiger partial charge >= 0.3 is 0 Å². The quantitative estimate of drug-likeness (QED) is 0.880. The summed E-state index contributed by atoms with van der Waals surface area (Å²) in [4.78, 5) is 4.09. The molecular weight excluding hydrogens is 262 g/mol. The summed E-state index contributed by atoms with van der Waals surface area (Å²) < 4.78 is 7.67. The number of anilines is 1. The average molecular weight is 280 g/mol. The summed E-state index contributed by atoms with van der Waals surface area (Å²) in [5.41, 5.74) is 2.00. The topological polar surface area (TPSA) is 39.1 Å². The second-order valence-electron chi connectivity index (χ2n) is 4.34. The Kier molecular flexibility index (Phi) is 4.68. The molecule has 102 valence electrons. The molecule has 19 heavy (non-hydrogen) atoms. The van der Waals surface area contributed by atoms with Gasteiger partial charge in [0.05, 0.1) is 30.9 Å². The highest BCUT2D eigenvalue weighted by atomic mass is 35.5. The van der Waals surface area contributed by atoms with Gasteiger partial charge in [0.1, 0.15) is 5.75 Å². The Balaban J connectivity index is 2.09. The molecule has 0 saturated heterocycles. The molecule has 0 aliphatic heterocycles. The number of aromatic nitrogens is 2. The van der Waals surface area contributed by atoms with E-state index in [4.69, 9.17) is 16.3 Å². The van der Waals surface area contributed by atoms with Crippen LogP contribution >= 0.6 is 11.6 Å². The van der Waals surface area contributed by atoms with Crippen molar-refractivity contribution < 1.29 is 4.74 Å². The number of aryl methyl sites for hydroxylation is 1. The zero-order valence-corrected chi connectivity index (χ0v) is 11.9. The van der Waals surface area contributed by atoms with Gasteiger partial charge in [-0.25, -0.2) is 4.98 Å². The Hall–Kier alpha value is -1.68. The fraction of sp³-hybridized carbons (Fsp3) is 0.357. The van der Waals surface area contributed by atoms with Gasteiger partial charge in [0.25, 0.3) is 0 Å². The van der Waals surface area contributed by atoms with Gasteiger partial charge in [-0.1, -0.05) is 18.5 Å². The molecule has 0 amide bonds. The number of ether oxygens (including phenoxy) is 1. The van der Waals surface area contributed by atoms with Gasteiger partial charge in [0.15, 0.2) is 0 Å². The van der Waals surface area contributed by atoms with Crippen molar-refractivity contribution in [3.8, 4) is 5.75 Å². The second kappa shape index (κ2) is 6.48. The summed E-state index contributed by atoms with van der Waals surface area (Å²) in [5, 5.41) is 4.03. The highest BCUT2D eigenvalue weighted by Gasteiger charge is 2.06. The van der Waals surface area contributed by atoms with Crippen LogP contribution in [0.3, 0.4) is 0 Å². The minimum atomic E-state index is 0.680. The lowest BCUT2D eigenvalue weighted by Crippen LogP contribution is -2.06. The largest absolute Gasteiger partial charge is 0.491 e. The highest BCUT2D eigenvalue weighted by molar-refractivity contribution is 6.30. The molecule has 1 N–H and O–H groups in total. The first-order valence-electron chi connectivity index (χ1n) is 6.32. The van der Waals surface area contributed by atoms with Gasteiger partial charge in [-0.3, -0.25) is 0 Å². The fourth-order valence-corrected chi connectivity index (χ4v) is 1.89. The van der Waals surface area contributed by atoms with Gasteiger partial charge < -0.3 is 14.6 Å². The van der Waals surface area contributed by atoms with Crippen LogP contribution in [0.4, 0.5) is 5.69 Å². The number of nitrogens with zero attached hydrogens (tertiary/aromatic N) is 2. The molecule has 0 fully saturated rings. The molecule has 2 rings (SSSR count). The SMILES string of the molecule is CCCOc1ccc(Cl)cc1NCc1cncn1C. The number of nitrogens with one attached hydrogen (secondary N) is 1. The Morgan fingerprint density at radius 1 is 1.42 bits per heavy atom. The van der Waals surface area contributed by atoms with Gasteiger partial charge in [-0.15, -0.1) is 0 Å². The highest BCUT2D eigenvalue weighted by Crippen LogP contribution is 2.28.